The second kappa shape index (κ2) is 5.13. The molecule has 1 saturated heterocycles. The zero-order chi connectivity index (χ0) is 11.4. The standard InChI is InChI=1S/C12H13NO2S/c1-14-11-3-2-9(7-13)6-12(11)15-10-4-5-16-8-10/h2-3,6,10H,4-5,8H2,1H3. The summed E-state index contributed by atoms with van der Waals surface area (Å²) in [6.45, 7) is 0. The average Bonchev–Trinajstić information content (AvgIpc) is 2.82. The predicted octanol–water partition coefficient (Wildman–Crippen LogP) is 2.45. The Morgan fingerprint density at radius 3 is 2.94 bits per heavy atom. The van der Waals surface area contributed by atoms with Gasteiger partial charge in [-0.05, 0) is 24.3 Å². The summed E-state index contributed by atoms with van der Waals surface area (Å²) in [6.07, 6.45) is 1.30. The van der Waals surface area contributed by atoms with Crippen LogP contribution in [-0.2, 0) is 0 Å². The van der Waals surface area contributed by atoms with Gasteiger partial charge in [0, 0.05) is 11.8 Å². The molecule has 84 valence electrons. The minimum atomic E-state index is 0.243. The van der Waals surface area contributed by atoms with E-state index in [1.807, 2.05) is 11.8 Å². The maximum absolute atomic E-state index is 8.84. The molecule has 1 unspecified atom stereocenters. The third-order valence-electron chi connectivity index (χ3n) is 2.47. The Kier molecular flexibility index (Phi) is 3.58. The van der Waals surface area contributed by atoms with Gasteiger partial charge in [-0.3, -0.25) is 0 Å². The zero-order valence-corrected chi connectivity index (χ0v) is 9.92. The molecule has 0 N–H and O–H groups in total. The van der Waals surface area contributed by atoms with E-state index in [-0.39, 0.29) is 6.10 Å². The van der Waals surface area contributed by atoms with Crippen LogP contribution in [0.2, 0.25) is 0 Å². The smallest absolute Gasteiger partial charge is 0.162 e. The number of thioether (sulfide) groups is 1. The summed E-state index contributed by atoms with van der Waals surface area (Å²) in [5, 5.41) is 8.84. The van der Waals surface area contributed by atoms with Gasteiger partial charge in [0.1, 0.15) is 6.10 Å². The van der Waals surface area contributed by atoms with E-state index < -0.39 is 0 Å². The fraction of sp³-hybridized carbons (Fsp3) is 0.417. The van der Waals surface area contributed by atoms with Gasteiger partial charge in [-0.25, -0.2) is 0 Å². The van der Waals surface area contributed by atoms with Crippen LogP contribution in [0.25, 0.3) is 0 Å². The lowest BCUT2D eigenvalue weighted by Gasteiger charge is -2.15. The van der Waals surface area contributed by atoms with Gasteiger partial charge >= 0.3 is 0 Å². The molecule has 0 spiro atoms. The monoisotopic (exact) mass is 235 g/mol. The van der Waals surface area contributed by atoms with Crippen molar-refractivity contribution in [3.63, 3.8) is 0 Å². The van der Waals surface area contributed by atoms with Crippen molar-refractivity contribution >= 4 is 11.8 Å². The van der Waals surface area contributed by atoms with E-state index >= 15 is 0 Å². The number of methoxy groups -OCH3 is 1. The SMILES string of the molecule is COc1ccc(C#N)cc1OC1CCSC1. The van der Waals surface area contributed by atoms with Crippen LogP contribution in [0.15, 0.2) is 18.2 Å². The quantitative estimate of drug-likeness (QED) is 0.807. The normalized spacial score (nSPS) is 19.1. The van der Waals surface area contributed by atoms with Gasteiger partial charge in [0.15, 0.2) is 11.5 Å². The summed E-state index contributed by atoms with van der Waals surface area (Å²) >= 11 is 1.89. The first-order valence-electron chi connectivity index (χ1n) is 5.16. The van der Waals surface area contributed by atoms with Crippen molar-refractivity contribution in [3.8, 4) is 17.6 Å². The molecule has 1 heterocycles. The molecule has 4 heteroatoms. The van der Waals surface area contributed by atoms with Crippen LogP contribution in [-0.4, -0.2) is 24.7 Å². The van der Waals surface area contributed by atoms with Crippen LogP contribution in [0.4, 0.5) is 0 Å². The fourth-order valence-electron chi connectivity index (χ4n) is 1.62. The van der Waals surface area contributed by atoms with E-state index in [1.165, 1.54) is 0 Å². The Morgan fingerprint density at radius 2 is 2.31 bits per heavy atom. The Hall–Kier alpha value is -1.34. The fourth-order valence-corrected chi connectivity index (χ4v) is 2.72. The number of nitriles is 1. The number of hydrogen-bond acceptors (Lipinski definition) is 4. The van der Waals surface area contributed by atoms with E-state index in [0.29, 0.717) is 17.1 Å². The molecule has 0 aromatic heterocycles. The first-order chi connectivity index (χ1) is 7.83. The van der Waals surface area contributed by atoms with Crippen molar-refractivity contribution in [2.45, 2.75) is 12.5 Å². The topological polar surface area (TPSA) is 42.2 Å². The van der Waals surface area contributed by atoms with E-state index in [2.05, 4.69) is 6.07 Å². The summed E-state index contributed by atoms with van der Waals surface area (Å²) in [4.78, 5) is 0. The largest absolute Gasteiger partial charge is 0.493 e. The third-order valence-corrected chi connectivity index (χ3v) is 3.61. The molecule has 0 aliphatic carbocycles. The van der Waals surface area contributed by atoms with Crippen molar-refractivity contribution in [1.82, 2.24) is 0 Å². The maximum atomic E-state index is 8.84. The molecule has 3 nitrogen and oxygen atoms in total. The van der Waals surface area contributed by atoms with Gasteiger partial charge in [0.25, 0.3) is 0 Å². The van der Waals surface area contributed by atoms with E-state index in [4.69, 9.17) is 14.7 Å². The molecule has 1 aliphatic rings. The van der Waals surface area contributed by atoms with Gasteiger partial charge in [-0.15, -0.1) is 0 Å². The molecule has 1 aromatic rings. The van der Waals surface area contributed by atoms with E-state index in [1.54, 1.807) is 25.3 Å². The van der Waals surface area contributed by atoms with Crippen molar-refractivity contribution < 1.29 is 9.47 Å². The summed E-state index contributed by atoms with van der Waals surface area (Å²) in [7, 11) is 1.61. The maximum Gasteiger partial charge on any atom is 0.162 e. The molecule has 1 atom stereocenters. The van der Waals surface area contributed by atoms with Crippen LogP contribution in [0.1, 0.15) is 12.0 Å². The van der Waals surface area contributed by atoms with Gasteiger partial charge in [0.05, 0.1) is 18.7 Å². The van der Waals surface area contributed by atoms with Crippen molar-refractivity contribution in [2.75, 3.05) is 18.6 Å². The molecule has 0 radical (unpaired) electrons. The van der Waals surface area contributed by atoms with Gasteiger partial charge < -0.3 is 9.47 Å². The van der Waals surface area contributed by atoms with Crippen LogP contribution in [0.3, 0.4) is 0 Å². The van der Waals surface area contributed by atoms with Crippen LogP contribution >= 0.6 is 11.8 Å². The van der Waals surface area contributed by atoms with Crippen molar-refractivity contribution in [3.05, 3.63) is 23.8 Å². The van der Waals surface area contributed by atoms with Crippen LogP contribution in [0.5, 0.6) is 11.5 Å². The highest BCUT2D eigenvalue weighted by atomic mass is 32.2. The minimum Gasteiger partial charge on any atom is -0.493 e. The van der Waals surface area contributed by atoms with Gasteiger partial charge in [-0.2, -0.15) is 17.0 Å². The first-order valence-corrected chi connectivity index (χ1v) is 6.31. The summed E-state index contributed by atoms with van der Waals surface area (Å²) in [5.41, 5.74) is 0.599. The second-order valence-corrected chi connectivity index (χ2v) is 4.73. The molecule has 0 saturated carbocycles. The number of ether oxygens (including phenoxy) is 2. The van der Waals surface area contributed by atoms with Crippen molar-refractivity contribution in [1.29, 1.82) is 5.26 Å². The summed E-state index contributed by atoms with van der Waals surface area (Å²) in [5.74, 6) is 3.52. The first kappa shape index (κ1) is 11.2. The zero-order valence-electron chi connectivity index (χ0n) is 9.10. The number of rotatable bonds is 3. The van der Waals surface area contributed by atoms with Crippen LogP contribution < -0.4 is 9.47 Å². The minimum absolute atomic E-state index is 0.243. The molecule has 1 aromatic carbocycles. The molecular formula is C12H13NO2S. The third kappa shape index (κ3) is 2.42. The Balaban J connectivity index is 2.19. The van der Waals surface area contributed by atoms with Crippen LogP contribution in [0, 0.1) is 11.3 Å². The highest BCUT2D eigenvalue weighted by Gasteiger charge is 2.18. The average molecular weight is 235 g/mol. The molecule has 1 fully saturated rings. The lowest BCUT2D eigenvalue weighted by atomic mass is 10.2. The Labute approximate surface area is 99.4 Å². The lowest BCUT2D eigenvalue weighted by molar-refractivity contribution is 0.218. The molecule has 0 amide bonds. The number of hydrogen-bond donors (Lipinski definition) is 0. The summed E-state index contributed by atoms with van der Waals surface area (Å²) < 4.78 is 11.1. The number of benzene rings is 1. The molecule has 2 rings (SSSR count). The van der Waals surface area contributed by atoms with E-state index in [9.17, 15) is 0 Å². The van der Waals surface area contributed by atoms with Crippen molar-refractivity contribution in [2.24, 2.45) is 0 Å². The van der Waals surface area contributed by atoms with E-state index in [0.717, 1.165) is 17.9 Å². The molecule has 16 heavy (non-hydrogen) atoms. The predicted molar refractivity (Wildman–Crippen MR) is 64.1 cm³/mol. The van der Waals surface area contributed by atoms with Gasteiger partial charge in [-0.1, -0.05) is 0 Å². The highest BCUT2D eigenvalue weighted by molar-refractivity contribution is 7.99. The molecule has 1 aliphatic heterocycles. The Bertz CT molecular complexity index is 408. The summed E-state index contributed by atoms with van der Waals surface area (Å²) in [6, 6.07) is 7.35. The second-order valence-electron chi connectivity index (χ2n) is 3.58. The number of nitrogens with zero attached hydrogens (tertiary/aromatic N) is 1. The highest BCUT2D eigenvalue weighted by Crippen LogP contribution is 2.31. The molecular weight excluding hydrogens is 222 g/mol. The molecule has 0 bridgehead atoms. The Morgan fingerprint density at radius 1 is 1.44 bits per heavy atom. The van der Waals surface area contributed by atoms with Gasteiger partial charge in [0.2, 0.25) is 0 Å². The lowest BCUT2D eigenvalue weighted by Crippen LogP contribution is -2.15.